The van der Waals surface area contributed by atoms with Crippen molar-refractivity contribution < 1.29 is 14.3 Å². The summed E-state index contributed by atoms with van der Waals surface area (Å²) in [5.41, 5.74) is 1.64. The minimum Gasteiger partial charge on any atom is -0.481 e. The van der Waals surface area contributed by atoms with E-state index in [1.807, 2.05) is 12.1 Å². The molecular weight excluding hydrogens is 304 g/mol. The molecule has 2 heterocycles. The molecule has 6 heteroatoms. The number of likely N-dealkylation sites (tertiary alicyclic amines) is 1. The summed E-state index contributed by atoms with van der Waals surface area (Å²) in [5.74, 6) is -0.471. The van der Waals surface area contributed by atoms with Crippen LogP contribution >= 0.6 is 11.6 Å². The van der Waals surface area contributed by atoms with Crippen LogP contribution in [0.25, 0.3) is 11.5 Å². The molecule has 5 nitrogen and oxygen atoms in total. The van der Waals surface area contributed by atoms with Crippen molar-refractivity contribution in [1.29, 1.82) is 0 Å². The van der Waals surface area contributed by atoms with Crippen LogP contribution in [-0.2, 0) is 11.3 Å². The van der Waals surface area contributed by atoms with Crippen molar-refractivity contribution in [3.63, 3.8) is 0 Å². The highest BCUT2D eigenvalue weighted by Gasteiger charge is 2.25. The summed E-state index contributed by atoms with van der Waals surface area (Å²) < 4.78 is 5.51. The highest BCUT2D eigenvalue weighted by molar-refractivity contribution is 6.30. The van der Waals surface area contributed by atoms with Crippen molar-refractivity contribution in [2.75, 3.05) is 13.1 Å². The molecule has 0 spiro atoms. The van der Waals surface area contributed by atoms with Gasteiger partial charge in [-0.25, -0.2) is 4.98 Å². The lowest BCUT2D eigenvalue weighted by molar-refractivity contribution is -0.143. The lowest BCUT2D eigenvalue weighted by atomic mass is 9.98. The molecule has 1 aromatic carbocycles. The Hall–Kier alpha value is -1.85. The number of hydrogen-bond acceptors (Lipinski definition) is 4. The quantitative estimate of drug-likeness (QED) is 0.936. The van der Waals surface area contributed by atoms with Gasteiger partial charge in [0.1, 0.15) is 6.26 Å². The Morgan fingerprint density at radius 3 is 3.14 bits per heavy atom. The molecule has 1 aliphatic rings. The number of hydrogen-bond donors (Lipinski definition) is 1. The van der Waals surface area contributed by atoms with Crippen molar-refractivity contribution in [2.45, 2.75) is 19.4 Å². The first-order valence-electron chi connectivity index (χ1n) is 7.27. The van der Waals surface area contributed by atoms with Crippen LogP contribution in [0, 0.1) is 5.92 Å². The van der Waals surface area contributed by atoms with E-state index in [9.17, 15) is 4.79 Å². The lowest BCUT2D eigenvalue weighted by Crippen LogP contribution is -2.38. The zero-order chi connectivity index (χ0) is 15.5. The molecule has 1 fully saturated rings. The maximum absolute atomic E-state index is 11.1. The van der Waals surface area contributed by atoms with Gasteiger partial charge in [0.2, 0.25) is 5.89 Å². The molecule has 22 heavy (non-hydrogen) atoms. The highest BCUT2D eigenvalue weighted by Crippen LogP contribution is 2.23. The van der Waals surface area contributed by atoms with E-state index in [0.29, 0.717) is 24.0 Å². The smallest absolute Gasteiger partial charge is 0.307 e. The van der Waals surface area contributed by atoms with E-state index in [4.69, 9.17) is 21.1 Å². The largest absolute Gasteiger partial charge is 0.481 e. The number of benzene rings is 1. The van der Waals surface area contributed by atoms with Gasteiger partial charge in [0.15, 0.2) is 0 Å². The van der Waals surface area contributed by atoms with Crippen LogP contribution in [0.5, 0.6) is 0 Å². The summed E-state index contributed by atoms with van der Waals surface area (Å²) in [4.78, 5) is 17.7. The Morgan fingerprint density at radius 2 is 2.36 bits per heavy atom. The number of halogens is 1. The molecule has 2 aromatic rings. The van der Waals surface area contributed by atoms with Gasteiger partial charge in [0.25, 0.3) is 0 Å². The highest BCUT2D eigenvalue weighted by atomic mass is 35.5. The van der Waals surface area contributed by atoms with Gasteiger partial charge in [-0.1, -0.05) is 17.7 Å². The van der Waals surface area contributed by atoms with E-state index in [-0.39, 0.29) is 5.92 Å². The number of aromatic nitrogens is 1. The molecule has 1 N–H and O–H groups in total. The van der Waals surface area contributed by atoms with Crippen molar-refractivity contribution in [1.82, 2.24) is 9.88 Å². The van der Waals surface area contributed by atoms with Crippen molar-refractivity contribution >= 4 is 17.6 Å². The number of piperidine rings is 1. The molecule has 0 bridgehead atoms. The minimum absolute atomic E-state index is 0.284. The molecule has 0 aliphatic carbocycles. The molecule has 3 rings (SSSR count). The topological polar surface area (TPSA) is 66.6 Å². The first kappa shape index (κ1) is 15.1. The normalized spacial score (nSPS) is 19.2. The van der Waals surface area contributed by atoms with E-state index in [2.05, 4.69) is 9.88 Å². The van der Waals surface area contributed by atoms with Gasteiger partial charge in [-0.2, -0.15) is 0 Å². The summed E-state index contributed by atoms with van der Waals surface area (Å²) in [5, 5.41) is 9.76. The first-order chi connectivity index (χ1) is 10.6. The van der Waals surface area contributed by atoms with Crippen LogP contribution in [0.2, 0.25) is 5.02 Å². The fourth-order valence-electron chi connectivity index (χ4n) is 2.76. The number of aliphatic carboxylic acids is 1. The van der Waals surface area contributed by atoms with Gasteiger partial charge < -0.3 is 9.52 Å². The zero-order valence-electron chi connectivity index (χ0n) is 12.0. The third-order valence-electron chi connectivity index (χ3n) is 3.86. The van der Waals surface area contributed by atoms with Crippen molar-refractivity contribution in [2.24, 2.45) is 5.92 Å². The standard InChI is InChI=1S/C16H17ClN2O3/c17-13-5-1-3-11(7-13)15-18-14(10-22-15)9-19-6-2-4-12(8-19)16(20)21/h1,3,5,7,10,12H,2,4,6,8-9H2,(H,20,21). The zero-order valence-corrected chi connectivity index (χ0v) is 12.8. The van der Waals surface area contributed by atoms with Crippen LogP contribution in [-0.4, -0.2) is 34.0 Å². The molecule has 0 amide bonds. The SMILES string of the molecule is O=C(O)C1CCCN(Cc2coc(-c3cccc(Cl)c3)n2)C1. The first-order valence-corrected chi connectivity index (χ1v) is 7.65. The molecule has 0 radical (unpaired) electrons. The molecule has 1 atom stereocenters. The van der Waals surface area contributed by atoms with Crippen LogP contribution in [0.1, 0.15) is 18.5 Å². The predicted octanol–water partition coefficient (Wildman–Crippen LogP) is 3.29. The predicted molar refractivity (Wildman–Crippen MR) is 82.6 cm³/mol. The summed E-state index contributed by atoms with van der Waals surface area (Å²) in [6.07, 6.45) is 3.27. The second-order valence-corrected chi connectivity index (χ2v) is 6.00. The summed E-state index contributed by atoms with van der Waals surface area (Å²) in [6, 6.07) is 7.35. The number of carboxylic acid groups (broad SMARTS) is 1. The summed E-state index contributed by atoms with van der Waals surface area (Å²) in [7, 11) is 0. The molecule has 0 saturated carbocycles. The van der Waals surface area contributed by atoms with Gasteiger partial charge in [-0.15, -0.1) is 0 Å². The molecule has 1 aliphatic heterocycles. The third-order valence-corrected chi connectivity index (χ3v) is 4.10. The minimum atomic E-state index is -0.718. The van der Waals surface area contributed by atoms with Gasteiger partial charge in [0, 0.05) is 23.7 Å². The number of rotatable bonds is 4. The average Bonchev–Trinajstić information content (AvgIpc) is 2.96. The average molecular weight is 321 g/mol. The fourth-order valence-corrected chi connectivity index (χ4v) is 2.95. The fraction of sp³-hybridized carbons (Fsp3) is 0.375. The Kier molecular flexibility index (Phi) is 4.45. The van der Waals surface area contributed by atoms with Crippen LogP contribution in [0.3, 0.4) is 0 Å². The van der Waals surface area contributed by atoms with E-state index in [1.165, 1.54) is 0 Å². The molecule has 1 unspecified atom stereocenters. The van der Waals surface area contributed by atoms with Crippen molar-refractivity contribution in [3.05, 3.63) is 41.2 Å². The Morgan fingerprint density at radius 1 is 1.50 bits per heavy atom. The molecular formula is C16H17ClN2O3. The number of nitrogens with zero attached hydrogens (tertiary/aromatic N) is 2. The molecule has 1 saturated heterocycles. The Labute approximate surface area is 133 Å². The van der Waals surface area contributed by atoms with E-state index in [0.717, 1.165) is 30.6 Å². The second kappa shape index (κ2) is 6.50. The van der Waals surface area contributed by atoms with E-state index < -0.39 is 5.97 Å². The van der Waals surface area contributed by atoms with Gasteiger partial charge in [-0.05, 0) is 37.6 Å². The molecule has 1 aromatic heterocycles. The second-order valence-electron chi connectivity index (χ2n) is 5.57. The maximum atomic E-state index is 11.1. The summed E-state index contributed by atoms with van der Waals surface area (Å²) in [6.45, 7) is 2.06. The van der Waals surface area contributed by atoms with Gasteiger partial charge in [-0.3, -0.25) is 9.69 Å². The Bertz CT molecular complexity index is 671. The molecule has 116 valence electrons. The van der Waals surface area contributed by atoms with Crippen molar-refractivity contribution in [3.8, 4) is 11.5 Å². The van der Waals surface area contributed by atoms with Gasteiger partial charge in [0.05, 0.1) is 11.6 Å². The lowest BCUT2D eigenvalue weighted by Gasteiger charge is -2.29. The van der Waals surface area contributed by atoms with Crippen LogP contribution in [0.4, 0.5) is 0 Å². The van der Waals surface area contributed by atoms with Crippen LogP contribution in [0.15, 0.2) is 34.9 Å². The maximum Gasteiger partial charge on any atom is 0.307 e. The number of carboxylic acids is 1. The number of carbonyl (C=O) groups is 1. The summed E-state index contributed by atoms with van der Waals surface area (Å²) >= 11 is 5.97. The Balaban J connectivity index is 1.68. The van der Waals surface area contributed by atoms with E-state index in [1.54, 1.807) is 18.4 Å². The third kappa shape index (κ3) is 3.48. The monoisotopic (exact) mass is 320 g/mol. The number of oxazole rings is 1. The van der Waals surface area contributed by atoms with Gasteiger partial charge >= 0.3 is 5.97 Å². The van der Waals surface area contributed by atoms with Crippen LogP contribution < -0.4 is 0 Å². The van der Waals surface area contributed by atoms with E-state index >= 15 is 0 Å².